The van der Waals surface area contributed by atoms with E-state index in [-0.39, 0.29) is 10.9 Å². The molecule has 2 heterocycles. The lowest BCUT2D eigenvalue weighted by Crippen LogP contribution is -2.41. The van der Waals surface area contributed by atoms with Crippen LogP contribution in [-0.4, -0.2) is 37.0 Å². The van der Waals surface area contributed by atoms with Gasteiger partial charge in [0.25, 0.3) is 0 Å². The third kappa shape index (κ3) is 4.31. The predicted octanol–water partition coefficient (Wildman–Crippen LogP) is 5.16. The van der Waals surface area contributed by atoms with Crippen molar-refractivity contribution in [2.45, 2.75) is 57.2 Å². The van der Waals surface area contributed by atoms with Gasteiger partial charge in [-0.25, -0.2) is 0 Å². The Labute approximate surface area is 197 Å². The molecule has 0 bridgehead atoms. The molecule has 33 heavy (non-hydrogen) atoms. The molecule has 0 aliphatic heterocycles. The quantitative estimate of drug-likeness (QED) is 0.368. The molecule has 0 unspecified atom stereocenters. The maximum absolute atomic E-state index is 12.0. The van der Waals surface area contributed by atoms with Gasteiger partial charge in [0, 0.05) is 18.0 Å². The fourth-order valence-corrected chi connectivity index (χ4v) is 5.00. The molecule has 4 rings (SSSR count). The van der Waals surface area contributed by atoms with E-state index in [0.29, 0.717) is 13.2 Å². The van der Waals surface area contributed by atoms with E-state index in [4.69, 9.17) is 14.9 Å². The lowest BCUT2D eigenvalue weighted by atomic mass is 10.00. The molecular weight excluding hydrogens is 430 g/mol. The molecule has 1 aromatic carbocycles. The number of para-hydroxylation sites is 1. The number of primary amides is 1. The fraction of sp³-hybridized carbons (Fsp3) is 0.462. The second-order valence-corrected chi connectivity index (χ2v) is 15.4. The maximum atomic E-state index is 12.0. The van der Waals surface area contributed by atoms with E-state index in [2.05, 4.69) is 55.5 Å². The first-order valence-corrected chi connectivity index (χ1v) is 14.5. The van der Waals surface area contributed by atoms with Gasteiger partial charge in [0.1, 0.15) is 12.4 Å². The minimum Gasteiger partial charge on any atom is -0.491 e. The van der Waals surface area contributed by atoms with Crippen molar-refractivity contribution < 1.29 is 14.0 Å². The van der Waals surface area contributed by atoms with Crippen LogP contribution in [0.25, 0.3) is 22.2 Å². The van der Waals surface area contributed by atoms with E-state index >= 15 is 0 Å². The number of benzene rings is 1. The van der Waals surface area contributed by atoms with E-state index in [0.717, 1.165) is 46.4 Å². The maximum Gasteiger partial charge on any atom is 0.229 e. The summed E-state index contributed by atoms with van der Waals surface area (Å²) < 4.78 is 14.6. The van der Waals surface area contributed by atoms with E-state index in [9.17, 15) is 4.79 Å². The molecule has 0 radical (unpaired) electrons. The number of carbonyl (C=O) groups is 1. The first-order valence-electron chi connectivity index (χ1n) is 11.6. The summed E-state index contributed by atoms with van der Waals surface area (Å²) in [5.41, 5.74) is 8.89. The van der Waals surface area contributed by atoms with Crippen LogP contribution in [0.1, 0.15) is 39.3 Å². The van der Waals surface area contributed by atoms with Crippen LogP contribution in [0.3, 0.4) is 0 Å². The van der Waals surface area contributed by atoms with E-state index in [1.54, 1.807) is 0 Å². The van der Waals surface area contributed by atoms with Gasteiger partial charge >= 0.3 is 0 Å². The van der Waals surface area contributed by atoms with Crippen molar-refractivity contribution in [2.75, 3.05) is 13.2 Å². The smallest absolute Gasteiger partial charge is 0.229 e. The monoisotopic (exact) mass is 465 g/mol. The van der Waals surface area contributed by atoms with Crippen molar-refractivity contribution >= 4 is 25.1 Å². The van der Waals surface area contributed by atoms with E-state index in [1.165, 1.54) is 0 Å². The van der Waals surface area contributed by atoms with Crippen molar-refractivity contribution in [1.29, 1.82) is 0 Å². The third-order valence-electron chi connectivity index (χ3n) is 7.41. The Morgan fingerprint density at radius 2 is 1.88 bits per heavy atom. The number of hydrogen-bond donors (Lipinski definition) is 1. The molecule has 7 heteroatoms. The van der Waals surface area contributed by atoms with E-state index in [1.807, 2.05) is 37.5 Å². The molecule has 2 aromatic heterocycles. The minimum absolute atomic E-state index is 0.175. The second-order valence-electron chi connectivity index (χ2n) is 10.6. The van der Waals surface area contributed by atoms with Crippen molar-refractivity contribution in [3.8, 4) is 17.0 Å². The molecule has 0 atom stereocenters. The van der Waals surface area contributed by atoms with Gasteiger partial charge in [-0.3, -0.25) is 9.78 Å². The average Bonchev–Trinajstić information content (AvgIpc) is 3.50. The normalized spacial score (nSPS) is 15.6. The number of aryl methyl sites for hydroxylation is 1. The summed E-state index contributed by atoms with van der Waals surface area (Å²) in [7, 11) is 0.225. The molecule has 176 valence electrons. The molecule has 1 fully saturated rings. The zero-order chi connectivity index (χ0) is 24.0. The Kier molecular flexibility index (Phi) is 5.91. The van der Waals surface area contributed by atoms with Crippen LogP contribution in [0.15, 0.2) is 42.6 Å². The van der Waals surface area contributed by atoms with Gasteiger partial charge in [-0.05, 0) is 55.2 Å². The number of carbonyl (C=O) groups excluding carboxylic acids is 1. The van der Waals surface area contributed by atoms with Crippen LogP contribution in [0, 0.1) is 0 Å². The largest absolute Gasteiger partial charge is 0.491 e. The number of pyridine rings is 1. The van der Waals surface area contributed by atoms with E-state index < -0.39 is 13.7 Å². The number of fused-ring (bicyclic) bond motifs is 1. The summed E-state index contributed by atoms with van der Waals surface area (Å²) in [5, 5.41) is 1.22. The highest BCUT2D eigenvalue weighted by Crippen LogP contribution is 2.48. The number of nitrogens with zero attached hydrogens (tertiary/aromatic N) is 2. The molecule has 6 nitrogen and oxygen atoms in total. The Morgan fingerprint density at radius 3 is 2.52 bits per heavy atom. The summed E-state index contributed by atoms with van der Waals surface area (Å²) in [4.78, 5) is 16.5. The van der Waals surface area contributed by atoms with Crippen LogP contribution in [0.2, 0.25) is 18.1 Å². The highest BCUT2D eigenvalue weighted by molar-refractivity contribution is 6.74. The Hall–Kier alpha value is -2.64. The number of ether oxygens (including phenoxy) is 1. The Balaban J connectivity index is 1.57. The summed E-state index contributed by atoms with van der Waals surface area (Å²) in [6.07, 6.45) is 3.38. The number of aromatic nitrogens is 2. The molecule has 2 N–H and O–H groups in total. The molecule has 0 spiro atoms. The fourth-order valence-electron chi connectivity index (χ4n) is 3.98. The number of amides is 1. The zero-order valence-electron chi connectivity index (χ0n) is 20.6. The molecule has 1 amide bonds. The topological polar surface area (TPSA) is 79.4 Å². The molecule has 1 aliphatic rings. The summed E-state index contributed by atoms with van der Waals surface area (Å²) in [5.74, 6) is 0.537. The number of rotatable bonds is 8. The molecule has 3 aromatic rings. The SMILES string of the molecule is Cn1c(-c2ccccc2OCCO[Si](C)(C)C(C)(C)C)cc2cc(C3(C(N)=O)CC3)ncc21. The predicted molar refractivity (Wildman–Crippen MR) is 135 cm³/mol. The first kappa shape index (κ1) is 23.5. The van der Waals surface area contributed by atoms with Crippen LogP contribution < -0.4 is 10.5 Å². The average molecular weight is 466 g/mol. The molecular formula is C26H35N3O3Si. The van der Waals surface area contributed by atoms with Gasteiger partial charge in [0.15, 0.2) is 8.32 Å². The molecule has 1 aliphatic carbocycles. The van der Waals surface area contributed by atoms with Crippen LogP contribution in [0.4, 0.5) is 0 Å². The third-order valence-corrected chi connectivity index (χ3v) is 12.0. The Morgan fingerprint density at radius 1 is 1.18 bits per heavy atom. The van der Waals surface area contributed by atoms with Gasteiger partial charge in [-0.2, -0.15) is 0 Å². The van der Waals surface area contributed by atoms with Gasteiger partial charge in [0.2, 0.25) is 5.91 Å². The lowest BCUT2D eigenvalue weighted by Gasteiger charge is -2.36. The van der Waals surface area contributed by atoms with Crippen LogP contribution in [0.5, 0.6) is 5.75 Å². The zero-order valence-corrected chi connectivity index (χ0v) is 21.6. The Bertz CT molecular complexity index is 1190. The standard InChI is InChI=1S/C26H35N3O3Si/c1-25(2,3)33(5,6)32-14-13-31-22-10-8-7-9-19(22)20-15-18-16-23(26(11-12-26)24(27)30)28-17-21(18)29(20)4/h7-10,15-17H,11-14H2,1-6H3,(H2,27,30). The van der Waals surface area contributed by atoms with Crippen LogP contribution >= 0.6 is 0 Å². The lowest BCUT2D eigenvalue weighted by molar-refractivity contribution is -0.120. The summed E-state index contributed by atoms with van der Waals surface area (Å²) >= 11 is 0. The highest BCUT2D eigenvalue weighted by Gasteiger charge is 2.51. The number of nitrogens with two attached hydrogens (primary N) is 1. The van der Waals surface area contributed by atoms with Gasteiger partial charge in [-0.15, -0.1) is 0 Å². The van der Waals surface area contributed by atoms with Crippen molar-refractivity contribution in [3.63, 3.8) is 0 Å². The highest BCUT2D eigenvalue weighted by atomic mass is 28.4. The van der Waals surface area contributed by atoms with Crippen molar-refractivity contribution in [2.24, 2.45) is 12.8 Å². The number of hydrogen-bond acceptors (Lipinski definition) is 4. The first-order chi connectivity index (χ1) is 15.5. The van der Waals surface area contributed by atoms with Crippen LogP contribution in [-0.2, 0) is 21.7 Å². The van der Waals surface area contributed by atoms with Gasteiger partial charge in [-0.1, -0.05) is 32.9 Å². The minimum atomic E-state index is -1.80. The van der Waals surface area contributed by atoms with Crippen molar-refractivity contribution in [1.82, 2.24) is 9.55 Å². The summed E-state index contributed by atoms with van der Waals surface area (Å²) in [6.45, 7) is 12.3. The van der Waals surface area contributed by atoms with Gasteiger partial charge in [0.05, 0.1) is 35.1 Å². The molecule has 0 saturated heterocycles. The van der Waals surface area contributed by atoms with Gasteiger partial charge < -0.3 is 19.5 Å². The second kappa shape index (κ2) is 8.29. The van der Waals surface area contributed by atoms with Crippen molar-refractivity contribution in [3.05, 3.63) is 48.3 Å². The molecule has 1 saturated carbocycles. The summed E-state index contributed by atoms with van der Waals surface area (Å²) in [6, 6.07) is 12.2.